The number of hydrogen-bond donors (Lipinski definition) is 2. The highest BCUT2D eigenvalue weighted by Gasteiger charge is 2.06. The van der Waals surface area contributed by atoms with Gasteiger partial charge in [-0.1, -0.05) is 0 Å². The van der Waals surface area contributed by atoms with E-state index in [1.165, 1.54) is 4.88 Å². The van der Waals surface area contributed by atoms with Crippen molar-refractivity contribution < 1.29 is 0 Å². The number of imidazole rings is 1. The normalized spacial score (nSPS) is 13.1. The number of H-pyrrole nitrogens is 1. The summed E-state index contributed by atoms with van der Waals surface area (Å²) in [6.45, 7) is 1.98. The third kappa shape index (κ3) is 1.64. The molecule has 0 saturated heterocycles. The Labute approximate surface area is 80.6 Å². The van der Waals surface area contributed by atoms with Crippen molar-refractivity contribution in [3.63, 3.8) is 0 Å². The molecule has 4 heteroatoms. The number of aromatic amines is 1. The first-order valence-electron chi connectivity index (χ1n) is 4.11. The highest BCUT2D eigenvalue weighted by atomic mass is 32.1. The minimum atomic E-state index is 0.105. The number of hydrogen-bond acceptors (Lipinski definition) is 3. The van der Waals surface area contributed by atoms with E-state index in [4.69, 9.17) is 5.73 Å². The van der Waals surface area contributed by atoms with E-state index >= 15 is 0 Å². The first kappa shape index (κ1) is 8.47. The molecule has 0 aliphatic heterocycles. The highest BCUT2D eigenvalue weighted by molar-refractivity contribution is 7.10. The minimum Gasteiger partial charge on any atom is -0.345 e. The van der Waals surface area contributed by atoms with Gasteiger partial charge in [-0.05, 0) is 13.0 Å². The highest BCUT2D eigenvalue weighted by Crippen LogP contribution is 2.25. The standard InChI is InChI=1S/C9H11N3S/c1-6(10)8-4-7(5-13-8)9-11-2-3-12-9/h2-6H,10H2,1H3,(H,11,12)/t6-/m0/s1. The lowest BCUT2D eigenvalue weighted by Gasteiger charge is -1.97. The SMILES string of the molecule is C[C@H](N)c1cc(-c2ncc[nH]2)cs1. The molecule has 0 spiro atoms. The van der Waals surface area contributed by atoms with Crippen molar-refractivity contribution in [2.75, 3.05) is 0 Å². The van der Waals surface area contributed by atoms with Gasteiger partial charge < -0.3 is 10.7 Å². The number of thiophene rings is 1. The van der Waals surface area contributed by atoms with Crippen LogP contribution in [0, 0.1) is 0 Å². The molecule has 3 nitrogen and oxygen atoms in total. The van der Waals surface area contributed by atoms with E-state index in [1.54, 1.807) is 17.5 Å². The number of rotatable bonds is 2. The summed E-state index contributed by atoms with van der Waals surface area (Å²) >= 11 is 1.67. The molecule has 0 aromatic carbocycles. The van der Waals surface area contributed by atoms with E-state index < -0.39 is 0 Å². The Bertz CT molecular complexity index is 375. The molecule has 2 rings (SSSR count). The summed E-state index contributed by atoms with van der Waals surface area (Å²) < 4.78 is 0. The molecule has 0 amide bonds. The van der Waals surface area contributed by atoms with Gasteiger partial charge in [0.2, 0.25) is 0 Å². The first-order chi connectivity index (χ1) is 6.27. The van der Waals surface area contributed by atoms with Crippen molar-refractivity contribution in [3.05, 3.63) is 28.7 Å². The minimum absolute atomic E-state index is 0.105. The Hall–Kier alpha value is -1.13. The van der Waals surface area contributed by atoms with Crippen LogP contribution in [0.5, 0.6) is 0 Å². The summed E-state index contributed by atoms with van der Waals surface area (Å²) in [5, 5.41) is 2.07. The van der Waals surface area contributed by atoms with E-state index in [0.29, 0.717) is 0 Å². The lowest BCUT2D eigenvalue weighted by atomic mass is 10.2. The second-order valence-electron chi connectivity index (χ2n) is 2.96. The average molecular weight is 193 g/mol. The van der Waals surface area contributed by atoms with Crippen molar-refractivity contribution in [2.24, 2.45) is 5.73 Å². The third-order valence-corrected chi connectivity index (χ3v) is 2.97. The van der Waals surface area contributed by atoms with Crippen LogP contribution >= 0.6 is 11.3 Å². The van der Waals surface area contributed by atoms with Crippen LogP contribution in [-0.4, -0.2) is 9.97 Å². The van der Waals surface area contributed by atoms with Gasteiger partial charge in [-0.25, -0.2) is 4.98 Å². The molecule has 68 valence electrons. The van der Waals surface area contributed by atoms with Crippen LogP contribution in [0.3, 0.4) is 0 Å². The Morgan fingerprint density at radius 1 is 1.62 bits per heavy atom. The van der Waals surface area contributed by atoms with Crippen LogP contribution in [0.2, 0.25) is 0 Å². The Morgan fingerprint density at radius 2 is 2.46 bits per heavy atom. The van der Waals surface area contributed by atoms with E-state index in [2.05, 4.69) is 21.4 Å². The van der Waals surface area contributed by atoms with Crippen molar-refractivity contribution in [3.8, 4) is 11.4 Å². The Kier molecular flexibility index (Phi) is 2.16. The monoisotopic (exact) mass is 193 g/mol. The topological polar surface area (TPSA) is 54.7 Å². The van der Waals surface area contributed by atoms with Gasteiger partial charge in [0, 0.05) is 34.3 Å². The number of nitrogens with two attached hydrogens (primary N) is 1. The molecule has 0 radical (unpaired) electrons. The van der Waals surface area contributed by atoms with Crippen LogP contribution in [0.15, 0.2) is 23.8 Å². The van der Waals surface area contributed by atoms with Crippen LogP contribution in [0.1, 0.15) is 17.8 Å². The Balaban J connectivity index is 2.33. The van der Waals surface area contributed by atoms with Gasteiger partial charge in [-0.15, -0.1) is 11.3 Å². The quantitative estimate of drug-likeness (QED) is 0.767. The summed E-state index contributed by atoms with van der Waals surface area (Å²) in [4.78, 5) is 8.42. The molecule has 3 N–H and O–H groups in total. The molecule has 2 aromatic heterocycles. The van der Waals surface area contributed by atoms with E-state index in [1.807, 2.05) is 13.1 Å². The van der Waals surface area contributed by atoms with Crippen molar-refractivity contribution in [1.29, 1.82) is 0 Å². The van der Waals surface area contributed by atoms with Crippen LogP contribution < -0.4 is 5.73 Å². The van der Waals surface area contributed by atoms with Gasteiger partial charge in [0.05, 0.1) is 0 Å². The fraction of sp³-hybridized carbons (Fsp3) is 0.222. The largest absolute Gasteiger partial charge is 0.345 e. The van der Waals surface area contributed by atoms with Gasteiger partial charge >= 0.3 is 0 Å². The lowest BCUT2D eigenvalue weighted by Crippen LogP contribution is -2.01. The predicted molar refractivity (Wildman–Crippen MR) is 54.5 cm³/mol. The fourth-order valence-electron chi connectivity index (χ4n) is 1.14. The molecule has 2 aromatic rings. The molecule has 0 aliphatic carbocycles. The van der Waals surface area contributed by atoms with Gasteiger partial charge in [-0.3, -0.25) is 0 Å². The molecule has 13 heavy (non-hydrogen) atoms. The number of nitrogens with zero attached hydrogens (tertiary/aromatic N) is 1. The van der Waals surface area contributed by atoms with E-state index in [-0.39, 0.29) is 6.04 Å². The predicted octanol–water partition coefficient (Wildman–Crippen LogP) is 2.16. The summed E-state index contributed by atoms with van der Waals surface area (Å²) in [5.74, 6) is 0.906. The second kappa shape index (κ2) is 3.32. The van der Waals surface area contributed by atoms with Gasteiger partial charge in [-0.2, -0.15) is 0 Å². The molecule has 0 bridgehead atoms. The van der Waals surface area contributed by atoms with Gasteiger partial charge in [0.1, 0.15) is 5.82 Å². The molecule has 0 unspecified atom stereocenters. The molecule has 0 aliphatic rings. The van der Waals surface area contributed by atoms with Crippen molar-refractivity contribution >= 4 is 11.3 Å². The summed E-state index contributed by atoms with van der Waals surface area (Å²) in [5.41, 5.74) is 6.87. The van der Waals surface area contributed by atoms with Crippen LogP contribution in [0.25, 0.3) is 11.4 Å². The molecule has 2 heterocycles. The maximum absolute atomic E-state index is 5.76. The molecule has 1 atom stereocenters. The molecule has 0 fully saturated rings. The maximum atomic E-state index is 5.76. The number of aromatic nitrogens is 2. The third-order valence-electron chi connectivity index (χ3n) is 1.84. The van der Waals surface area contributed by atoms with E-state index in [0.717, 1.165) is 11.4 Å². The number of nitrogens with one attached hydrogen (secondary N) is 1. The zero-order chi connectivity index (χ0) is 9.26. The molecule has 0 saturated carbocycles. The second-order valence-corrected chi connectivity index (χ2v) is 3.91. The van der Waals surface area contributed by atoms with Gasteiger partial charge in [0.15, 0.2) is 0 Å². The average Bonchev–Trinajstić information content (AvgIpc) is 2.75. The summed E-state index contributed by atoms with van der Waals surface area (Å²) in [6.07, 6.45) is 3.57. The zero-order valence-corrected chi connectivity index (χ0v) is 8.14. The lowest BCUT2D eigenvalue weighted by molar-refractivity contribution is 0.838. The maximum Gasteiger partial charge on any atom is 0.138 e. The van der Waals surface area contributed by atoms with E-state index in [9.17, 15) is 0 Å². The van der Waals surface area contributed by atoms with Crippen LogP contribution in [0.4, 0.5) is 0 Å². The first-order valence-corrected chi connectivity index (χ1v) is 4.99. The molecular weight excluding hydrogens is 182 g/mol. The Morgan fingerprint density at radius 3 is 3.00 bits per heavy atom. The van der Waals surface area contributed by atoms with Gasteiger partial charge in [0.25, 0.3) is 0 Å². The molecular formula is C9H11N3S. The summed E-state index contributed by atoms with van der Waals surface area (Å²) in [6, 6.07) is 2.18. The van der Waals surface area contributed by atoms with Crippen LogP contribution in [-0.2, 0) is 0 Å². The smallest absolute Gasteiger partial charge is 0.138 e. The summed E-state index contributed by atoms with van der Waals surface area (Å²) in [7, 11) is 0. The van der Waals surface area contributed by atoms with Crippen molar-refractivity contribution in [2.45, 2.75) is 13.0 Å². The zero-order valence-electron chi connectivity index (χ0n) is 7.32. The fourth-order valence-corrected chi connectivity index (χ4v) is 1.99. The van der Waals surface area contributed by atoms with Crippen molar-refractivity contribution in [1.82, 2.24) is 9.97 Å².